The van der Waals surface area contributed by atoms with Crippen LogP contribution >= 0.6 is 0 Å². The van der Waals surface area contributed by atoms with Crippen molar-refractivity contribution < 1.29 is 22.8 Å². The maximum atomic E-state index is 12.9. The molecule has 2 aromatic carbocycles. The third kappa shape index (κ3) is 4.55. The Morgan fingerprint density at radius 1 is 1.10 bits per heavy atom. The van der Waals surface area contributed by atoms with Crippen LogP contribution in [0.15, 0.2) is 48.5 Å². The summed E-state index contributed by atoms with van der Waals surface area (Å²) in [5, 5.41) is 5.31. The van der Waals surface area contributed by atoms with E-state index in [1.54, 1.807) is 0 Å². The molecule has 1 aromatic heterocycles. The summed E-state index contributed by atoms with van der Waals surface area (Å²) < 4.78 is 38.7. The predicted molar refractivity (Wildman–Crippen MR) is 109 cm³/mol. The van der Waals surface area contributed by atoms with Crippen LogP contribution in [0.25, 0.3) is 11.0 Å². The molecule has 1 aliphatic carbocycles. The van der Waals surface area contributed by atoms with E-state index in [1.165, 1.54) is 12.1 Å². The van der Waals surface area contributed by atoms with Gasteiger partial charge in [-0.2, -0.15) is 13.2 Å². The fraction of sp³-hybridized carbons (Fsp3) is 0.318. The Bertz CT molecular complexity index is 1090. The standard InChI is InChI=1S/C22H21F3N4O2/c23-22(24,25)14-5-3-6-15(13-14)26-20(31)21(11-4-12-21)29-19(30)10-9-18-27-16-7-1-2-8-17(16)28-18/h1-3,5-8,13H,4,9-12H2,(H,26,31)(H,27,28)(H,29,30). The monoisotopic (exact) mass is 430 g/mol. The topological polar surface area (TPSA) is 86.9 Å². The number of benzene rings is 2. The van der Waals surface area contributed by atoms with E-state index in [4.69, 9.17) is 0 Å². The smallest absolute Gasteiger partial charge is 0.342 e. The average molecular weight is 430 g/mol. The molecule has 0 atom stereocenters. The Hall–Kier alpha value is -3.36. The molecule has 1 fully saturated rings. The van der Waals surface area contributed by atoms with E-state index >= 15 is 0 Å². The Balaban J connectivity index is 1.38. The second-order valence-corrected chi connectivity index (χ2v) is 7.72. The van der Waals surface area contributed by atoms with Gasteiger partial charge in [0.2, 0.25) is 11.8 Å². The highest BCUT2D eigenvalue weighted by Gasteiger charge is 2.45. The second kappa shape index (κ2) is 8.05. The van der Waals surface area contributed by atoms with Crippen LogP contribution in [-0.2, 0) is 22.2 Å². The van der Waals surface area contributed by atoms with Gasteiger partial charge in [-0.05, 0) is 49.6 Å². The number of amides is 2. The van der Waals surface area contributed by atoms with E-state index in [-0.39, 0.29) is 18.0 Å². The summed E-state index contributed by atoms with van der Waals surface area (Å²) in [6.45, 7) is 0. The molecular formula is C22H21F3N4O2. The SMILES string of the molecule is O=C(CCc1nc2ccccc2[nH]1)NC1(C(=O)Nc2cccc(C(F)(F)F)c2)CCC1. The molecule has 6 nitrogen and oxygen atoms in total. The summed E-state index contributed by atoms with van der Waals surface area (Å²) in [6, 6.07) is 12.0. The zero-order valence-electron chi connectivity index (χ0n) is 16.6. The van der Waals surface area contributed by atoms with Crippen LogP contribution < -0.4 is 10.6 Å². The molecule has 31 heavy (non-hydrogen) atoms. The van der Waals surface area contributed by atoms with Crippen molar-refractivity contribution in [2.75, 3.05) is 5.32 Å². The number of carbonyl (C=O) groups excluding carboxylic acids is 2. The third-order valence-corrected chi connectivity index (χ3v) is 5.50. The number of nitrogens with one attached hydrogen (secondary N) is 3. The van der Waals surface area contributed by atoms with Crippen molar-refractivity contribution in [1.29, 1.82) is 0 Å². The number of fused-ring (bicyclic) bond motifs is 1. The van der Waals surface area contributed by atoms with Crippen molar-refractivity contribution >= 4 is 28.5 Å². The van der Waals surface area contributed by atoms with Gasteiger partial charge in [0.25, 0.3) is 0 Å². The summed E-state index contributed by atoms with van der Waals surface area (Å²) in [7, 11) is 0. The third-order valence-electron chi connectivity index (χ3n) is 5.50. The Morgan fingerprint density at radius 3 is 2.55 bits per heavy atom. The molecule has 0 aliphatic heterocycles. The number of para-hydroxylation sites is 2. The number of alkyl halides is 3. The number of aromatic nitrogens is 2. The van der Waals surface area contributed by atoms with Gasteiger partial charge in [0, 0.05) is 18.5 Å². The van der Waals surface area contributed by atoms with Gasteiger partial charge in [-0.15, -0.1) is 0 Å². The molecule has 0 radical (unpaired) electrons. The van der Waals surface area contributed by atoms with Crippen molar-refractivity contribution in [1.82, 2.24) is 15.3 Å². The van der Waals surface area contributed by atoms with E-state index in [2.05, 4.69) is 20.6 Å². The molecule has 0 unspecified atom stereocenters. The zero-order chi connectivity index (χ0) is 22.1. The molecule has 4 rings (SSSR count). The van der Waals surface area contributed by atoms with Gasteiger partial charge in [0.1, 0.15) is 11.4 Å². The Labute approximate surface area is 176 Å². The van der Waals surface area contributed by atoms with Gasteiger partial charge >= 0.3 is 6.18 Å². The molecular weight excluding hydrogens is 409 g/mol. The Kier molecular flexibility index (Phi) is 5.43. The molecule has 0 saturated heterocycles. The van der Waals surface area contributed by atoms with E-state index in [9.17, 15) is 22.8 Å². The maximum Gasteiger partial charge on any atom is 0.416 e. The minimum Gasteiger partial charge on any atom is -0.342 e. The molecule has 9 heteroatoms. The summed E-state index contributed by atoms with van der Waals surface area (Å²) in [6.07, 6.45) is -2.35. The van der Waals surface area contributed by atoms with Gasteiger partial charge in [-0.1, -0.05) is 18.2 Å². The van der Waals surface area contributed by atoms with Gasteiger partial charge in [-0.25, -0.2) is 4.98 Å². The number of halogens is 3. The number of nitrogens with zero attached hydrogens (tertiary/aromatic N) is 1. The van der Waals surface area contributed by atoms with Crippen LogP contribution in [0.2, 0.25) is 0 Å². The molecule has 3 aromatic rings. The van der Waals surface area contributed by atoms with Crippen molar-refractivity contribution in [2.24, 2.45) is 0 Å². The number of hydrogen-bond donors (Lipinski definition) is 3. The molecule has 2 amide bonds. The molecule has 1 aliphatic rings. The fourth-order valence-corrected chi connectivity index (χ4v) is 3.65. The first-order valence-corrected chi connectivity index (χ1v) is 9.99. The first-order valence-electron chi connectivity index (χ1n) is 9.99. The highest BCUT2D eigenvalue weighted by atomic mass is 19.4. The number of imidazole rings is 1. The van der Waals surface area contributed by atoms with E-state index < -0.39 is 23.2 Å². The fourth-order valence-electron chi connectivity index (χ4n) is 3.65. The van der Waals surface area contributed by atoms with Crippen molar-refractivity contribution in [3.63, 3.8) is 0 Å². The van der Waals surface area contributed by atoms with Crippen LogP contribution in [-0.4, -0.2) is 27.3 Å². The predicted octanol–water partition coefficient (Wildman–Crippen LogP) is 4.19. The summed E-state index contributed by atoms with van der Waals surface area (Å²) in [4.78, 5) is 32.9. The highest BCUT2D eigenvalue weighted by molar-refractivity contribution is 6.01. The number of anilines is 1. The van der Waals surface area contributed by atoms with Crippen molar-refractivity contribution in [3.05, 3.63) is 59.9 Å². The number of hydrogen-bond acceptors (Lipinski definition) is 3. The number of H-pyrrole nitrogens is 1. The van der Waals surface area contributed by atoms with Crippen LogP contribution in [0.1, 0.15) is 37.1 Å². The van der Waals surface area contributed by atoms with Gasteiger partial charge in [-0.3, -0.25) is 9.59 Å². The first kappa shape index (κ1) is 20.9. The average Bonchev–Trinajstić information content (AvgIpc) is 3.11. The largest absolute Gasteiger partial charge is 0.416 e. The van der Waals surface area contributed by atoms with Gasteiger partial charge in [0.05, 0.1) is 16.6 Å². The molecule has 0 bridgehead atoms. The number of aromatic amines is 1. The molecule has 162 valence electrons. The molecule has 3 N–H and O–H groups in total. The van der Waals surface area contributed by atoms with Crippen molar-refractivity contribution in [2.45, 2.75) is 43.8 Å². The highest BCUT2D eigenvalue weighted by Crippen LogP contribution is 2.34. The first-order chi connectivity index (χ1) is 14.7. The lowest BCUT2D eigenvalue weighted by molar-refractivity contribution is -0.137. The maximum absolute atomic E-state index is 12.9. The molecule has 1 saturated carbocycles. The van der Waals surface area contributed by atoms with Crippen LogP contribution in [0.4, 0.5) is 18.9 Å². The lowest BCUT2D eigenvalue weighted by Crippen LogP contribution is -2.61. The summed E-state index contributed by atoms with van der Waals surface area (Å²) in [5.41, 5.74) is -0.202. The second-order valence-electron chi connectivity index (χ2n) is 7.72. The lowest BCUT2D eigenvalue weighted by atomic mass is 9.75. The van der Waals surface area contributed by atoms with Crippen LogP contribution in [0, 0.1) is 0 Å². The van der Waals surface area contributed by atoms with Crippen LogP contribution in [0.3, 0.4) is 0 Å². The van der Waals surface area contributed by atoms with Gasteiger partial charge in [0.15, 0.2) is 0 Å². The van der Waals surface area contributed by atoms with E-state index in [0.717, 1.165) is 29.6 Å². The minimum absolute atomic E-state index is 0.0441. The normalized spacial score (nSPS) is 15.3. The Morgan fingerprint density at radius 2 is 1.87 bits per heavy atom. The quantitative estimate of drug-likeness (QED) is 0.548. The molecule has 1 heterocycles. The summed E-state index contributed by atoms with van der Waals surface area (Å²) in [5.74, 6) is -0.137. The molecule has 0 spiro atoms. The van der Waals surface area contributed by atoms with E-state index in [0.29, 0.717) is 25.1 Å². The number of carbonyl (C=O) groups is 2. The van der Waals surface area contributed by atoms with E-state index in [1.807, 2.05) is 24.3 Å². The van der Waals surface area contributed by atoms with Crippen LogP contribution in [0.5, 0.6) is 0 Å². The lowest BCUT2D eigenvalue weighted by Gasteiger charge is -2.40. The number of rotatable bonds is 6. The zero-order valence-corrected chi connectivity index (χ0v) is 16.6. The number of aryl methyl sites for hydroxylation is 1. The minimum atomic E-state index is -4.50. The van der Waals surface area contributed by atoms with Gasteiger partial charge < -0.3 is 15.6 Å². The summed E-state index contributed by atoms with van der Waals surface area (Å²) >= 11 is 0. The van der Waals surface area contributed by atoms with Crippen molar-refractivity contribution in [3.8, 4) is 0 Å².